The lowest BCUT2D eigenvalue weighted by molar-refractivity contribution is -0.156. The van der Waals surface area contributed by atoms with Gasteiger partial charge in [-0.05, 0) is 25.2 Å². The molecule has 1 heterocycles. The van der Waals surface area contributed by atoms with Crippen molar-refractivity contribution in [2.45, 2.75) is 57.5 Å². The normalized spacial score (nSPS) is 26.1. The summed E-state index contributed by atoms with van der Waals surface area (Å²) in [6.07, 6.45) is 6.15. The van der Waals surface area contributed by atoms with Crippen LogP contribution in [0.1, 0.15) is 46.0 Å². The zero-order chi connectivity index (χ0) is 14.0. The Hall–Kier alpha value is -1.32. The molecule has 0 aromatic rings. The Morgan fingerprint density at radius 1 is 1.42 bits per heavy atom. The molecule has 4 nitrogen and oxygen atoms in total. The molecule has 1 aliphatic heterocycles. The number of piperazine rings is 1. The fraction of sp³-hybridized carbons (Fsp3) is 0.733. The van der Waals surface area contributed by atoms with Crippen LogP contribution in [0.15, 0.2) is 12.7 Å². The second-order valence-electron chi connectivity index (χ2n) is 6.04. The molecular formula is C15H24N2O2. The van der Waals surface area contributed by atoms with Crippen LogP contribution in [0, 0.1) is 5.92 Å². The summed E-state index contributed by atoms with van der Waals surface area (Å²) in [5, 5.41) is 3.02. The van der Waals surface area contributed by atoms with E-state index in [1.54, 1.807) is 11.0 Å². The highest BCUT2D eigenvalue weighted by Crippen LogP contribution is 2.35. The molecule has 1 saturated carbocycles. The van der Waals surface area contributed by atoms with Gasteiger partial charge in [0.25, 0.3) is 0 Å². The van der Waals surface area contributed by atoms with Crippen LogP contribution in [-0.4, -0.2) is 34.8 Å². The zero-order valence-corrected chi connectivity index (χ0v) is 11.9. The van der Waals surface area contributed by atoms with Crippen molar-refractivity contribution in [3.63, 3.8) is 0 Å². The third-order valence-corrected chi connectivity index (χ3v) is 4.30. The Labute approximate surface area is 115 Å². The minimum Gasteiger partial charge on any atom is -0.340 e. The van der Waals surface area contributed by atoms with Gasteiger partial charge in [0.05, 0.1) is 0 Å². The molecule has 1 atom stereocenters. The third-order valence-electron chi connectivity index (χ3n) is 4.30. The molecule has 19 heavy (non-hydrogen) atoms. The molecule has 0 radical (unpaired) electrons. The number of carbonyl (C=O) groups excluding carboxylic acids is 2. The van der Waals surface area contributed by atoms with Crippen molar-refractivity contribution in [3.05, 3.63) is 12.7 Å². The van der Waals surface area contributed by atoms with Crippen LogP contribution in [0.4, 0.5) is 0 Å². The maximum atomic E-state index is 12.8. The SMILES string of the molecule is C=CCCN1C(=O)C2(CCCC2)NC(=O)C1C(C)C. The van der Waals surface area contributed by atoms with Crippen molar-refractivity contribution in [2.24, 2.45) is 5.92 Å². The lowest BCUT2D eigenvalue weighted by Crippen LogP contribution is -2.70. The highest BCUT2D eigenvalue weighted by molar-refractivity contribution is 6.00. The second-order valence-corrected chi connectivity index (χ2v) is 6.04. The fourth-order valence-corrected chi connectivity index (χ4v) is 3.36. The number of hydrogen-bond donors (Lipinski definition) is 1. The minimum absolute atomic E-state index is 0.0144. The Balaban J connectivity index is 2.27. The molecule has 106 valence electrons. The molecule has 1 spiro atoms. The molecule has 2 aliphatic rings. The molecule has 0 bridgehead atoms. The summed E-state index contributed by atoms with van der Waals surface area (Å²) < 4.78 is 0. The van der Waals surface area contributed by atoms with Crippen molar-refractivity contribution in [2.75, 3.05) is 6.54 Å². The average molecular weight is 264 g/mol. The summed E-state index contributed by atoms with van der Waals surface area (Å²) >= 11 is 0. The average Bonchev–Trinajstić information content (AvgIpc) is 2.80. The topological polar surface area (TPSA) is 49.4 Å². The van der Waals surface area contributed by atoms with Gasteiger partial charge in [-0.1, -0.05) is 32.8 Å². The first-order valence-electron chi connectivity index (χ1n) is 7.26. The lowest BCUT2D eigenvalue weighted by atomic mass is 9.87. The van der Waals surface area contributed by atoms with Crippen LogP contribution in [0.25, 0.3) is 0 Å². The van der Waals surface area contributed by atoms with Gasteiger partial charge in [0.15, 0.2) is 0 Å². The van der Waals surface area contributed by atoms with Crippen LogP contribution >= 0.6 is 0 Å². The van der Waals surface area contributed by atoms with Crippen LogP contribution in [0.5, 0.6) is 0 Å². The van der Waals surface area contributed by atoms with E-state index in [0.717, 1.165) is 32.1 Å². The molecule has 1 saturated heterocycles. The van der Waals surface area contributed by atoms with Gasteiger partial charge < -0.3 is 10.2 Å². The minimum atomic E-state index is -0.607. The maximum Gasteiger partial charge on any atom is 0.249 e. The predicted molar refractivity (Wildman–Crippen MR) is 74.5 cm³/mol. The van der Waals surface area contributed by atoms with Gasteiger partial charge in [-0.2, -0.15) is 0 Å². The van der Waals surface area contributed by atoms with Crippen molar-refractivity contribution >= 4 is 11.8 Å². The Morgan fingerprint density at radius 3 is 2.58 bits per heavy atom. The van der Waals surface area contributed by atoms with E-state index in [4.69, 9.17) is 0 Å². The van der Waals surface area contributed by atoms with E-state index in [-0.39, 0.29) is 23.8 Å². The second kappa shape index (κ2) is 5.35. The number of rotatable bonds is 4. The highest BCUT2D eigenvalue weighted by Gasteiger charge is 2.52. The van der Waals surface area contributed by atoms with E-state index in [0.29, 0.717) is 6.54 Å². The molecule has 1 unspecified atom stereocenters. The van der Waals surface area contributed by atoms with Crippen LogP contribution in [-0.2, 0) is 9.59 Å². The summed E-state index contributed by atoms with van der Waals surface area (Å²) in [5.74, 6) is 0.262. The quantitative estimate of drug-likeness (QED) is 0.788. The van der Waals surface area contributed by atoms with E-state index < -0.39 is 5.54 Å². The number of amides is 2. The van der Waals surface area contributed by atoms with Gasteiger partial charge in [0.1, 0.15) is 11.6 Å². The lowest BCUT2D eigenvalue weighted by Gasteiger charge is -2.45. The predicted octanol–water partition coefficient (Wildman–Crippen LogP) is 1.86. The van der Waals surface area contributed by atoms with E-state index in [1.165, 1.54) is 0 Å². The molecule has 4 heteroatoms. The molecule has 2 fully saturated rings. The smallest absolute Gasteiger partial charge is 0.249 e. The third kappa shape index (κ3) is 2.40. The van der Waals surface area contributed by atoms with E-state index in [9.17, 15) is 9.59 Å². The first-order valence-corrected chi connectivity index (χ1v) is 7.26. The maximum absolute atomic E-state index is 12.8. The van der Waals surface area contributed by atoms with Gasteiger partial charge in [-0.3, -0.25) is 9.59 Å². The summed E-state index contributed by atoms with van der Waals surface area (Å²) in [5.41, 5.74) is -0.607. The summed E-state index contributed by atoms with van der Waals surface area (Å²) in [6.45, 7) is 8.29. The first-order chi connectivity index (χ1) is 9.02. The number of hydrogen-bond acceptors (Lipinski definition) is 2. The van der Waals surface area contributed by atoms with Crippen LogP contribution in [0.3, 0.4) is 0 Å². The fourth-order valence-electron chi connectivity index (χ4n) is 3.36. The van der Waals surface area contributed by atoms with Crippen molar-refractivity contribution in [1.82, 2.24) is 10.2 Å². The highest BCUT2D eigenvalue weighted by atomic mass is 16.2. The summed E-state index contributed by atoms with van der Waals surface area (Å²) in [4.78, 5) is 27.0. The standard InChI is InChI=1S/C15H24N2O2/c1-4-5-10-17-12(11(2)3)13(18)16-15(14(17)19)8-6-7-9-15/h4,11-12H,1,5-10H2,2-3H3,(H,16,18). The van der Waals surface area contributed by atoms with Crippen molar-refractivity contribution in [3.8, 4) is 0 Å². The van der Waals surface area contributed by atoms with Gasteiger partial charge in [0, 0.05) is 6.54 Å². The molecular weight excluding hydrogens is 240 g/mol. The molecule has 0 aromatic carbocycles. The van der Waals surface area contributed by atoms with Crippen LogP contribution in [0.2, 0.25) is 0 Å². The van der Waals surface area contributed by atoms with Crippen molar-refractivity contribution in [1.29, 1.82) is 0 Å². The van der Waals surface area contributed by atoms with Crippen molar-refractivity contribution < 1.29 is 9.59 Å². The van der Waals surface area contributed by atoms with E-state index >= 15 is 0 Å². The first kappa shape index (κ1) is 14.1. The number of nitrogens with one attached hydrogen (secondary N) is 1. The number of nitrogens with zero attached hydrogens (tertiary/aromatic N) is 1. The Morgan fingerprint density at radius 2 is 2.05 bits per heavy atom. The molecule has 2 rings (SSSR count). The molecule has 2 amide bonds. The zero-order valence-electron chi connectivity index (χ0n) is 11.9. The van der Waals surface area contributed by atoms with Gasteiger partial charge in [0.2, 0.25) is 11.8 Å². The summed E-state index contributed by atoms with van der Waals surface area (Å²) in [6, 6.07) is -0.335. The molecule has 0 aromatic heterocycles. The van der Waals surface area contributed by atoms with Crippen LogP contribution < -0.4 is 5.32 Å². The summed E-state index contributed by atoms with van der Waals surface area (Å²) in [7, 11) is 0. The van der Waals surface area contributed by atoms with Gasteiger partial charge in [-0.15, -0.1) is 6.58 Å². The van der Waals surface area contributed by atoms with Gasteiger partial charge >= 0.3 is 0 Å². The molecule has 1 aliphatic carbocycles. The van der Waals surface area contributed by atoms with E-state index in [1.807, 2.05) is 13.8 Å². The number of carbonyl (C=O) groups is 2. The largest absolute Gasteiger partial charge is 0.340 e. The Bertz CT molecular complexity index is 384. The molecule has 1 N–H and O–H groups in total. The monoisotopic (exact) mass is 264 g/mol. The Kier molecular flexibility index (Phi) is 3.97. The van der Waals surface area contributed by atoms with E-state index in [2.05, 4.69) is 11.9 Å². The van der Waals surface area contributed by atoms with Gasteiger partial charge in [-0.25, -0.2) is 0 Å².